The Balaban J connectivity index is 4.13. The van der Waals surface area contributed by atoms with Crippen LogP contribution in [-0.2, 0) is 9.53 Å². The van der Waals surface area contributed by atoms with Gasteiger partial charge < -0.3 is 4.74 Å². The molecule has 0 aromatic heterocycles. The average Bonchev–Trinajstić information content (AvgIpc) is 2.12. The van der Waals surface area contributed by atoms with Crippen LogP contribution in [0.2, 0.25) is 0 Å². The monoisotopic (exact) mass is 184 g/mol. The molecule has 0 fully saturated rings. The summed E-state index contributed by atoms with van der Waals surface area (Å²) in [6.45, 7) is 6.47. The lowest BCUT2D eigenvalue weighted by Crippen LogP contribution is -2.07. The molecular weight excluding hydrogens is 164 g/mol. The van der Waals surface area contributed by atoms with Crippen molar-refractivity contribution in [3.63, 3.8) is 0 Å². The lowest BCUT2D eigenvalue weighted by Gasteiger charge is -2.04. The van der Waals surface area contributed by atoms with Gasteiger partial charge in [-0.25, -0.2) is 4.79 Å². The Kier molecular flexibility index (Phi) is 7.36. The molecule has 0 saturated heterocycles. The van der Waals surface area contributed by atoms with Gasteiger partial charge in [-0.05, 0) is 19.8 Å². The summed E-state index contributed by atoms with van der Waals surface area (Å²) in [7, 11) is 0. The Hall–Kier alpha value is -0.790. The highest BCUT2D eigenvalue weighted by Gasteiger charge is 2.07. The van der Waals surface area contributed by atoms with Crippen molar-refractivity contribution >= 4 is 5.97 Å². The second-order valence-electron chi connectivity index (χ2n) is 2.99. The lowest BCUT2D eigenvalue weighted by atomic mass is 10.1. The van der Waals surface area contributed by atoms with Crippen LogP contribution >= 0.6 is 0 Å². The van der Waals surface area contributed by atoms with E-state index in [4.69, 9.17) is 4.74 Å². The van der Waals surface area contributed by atoms with Crippen LogP contribution in [0.4, 0.5) is 0 Å². The second kappa shape index (κ2) is 7.84. The van der Waals surface area contributed by atoms with Crippen molar-refractivity contribution in [1.82, 2.24) is 0 Å². The first kappa shape index (κ1) is 12.2. The second-order valence-corrected chi connectivity index (χ2v) is 2.99. The molecular formula is C11H20O2. The van der Waals surface area contributed by atoms with Gasteiger partial charge >= 0.3 is 5.97 Å². The third-order valence-corrected chi connectivity index (χ3v) is 1.74. The van der Waals surface area contributed by atoms with Crippen LogP contribution in [0.5, 0.6) is 0 Å². The normalized spacial score (nSPS) is 11.5. The quantitative estimate of drug-likeness (QED) is 0.468. The van der Waals surface area contributed by atoms with Gasteiger partial charge in [0.15, 0.2) is 0 Å². The van der Waals surface area contributed by atoms with Crippen LogP contribution in [0.3, 0.4) is 0 Å². The molecule has 13 heavy (non-hydrogen) atoms. The first-order chi connectivity index (χ1) is 6.26. The highest BCUT2D eigenvalue weighted by molar-refractivity contribution is 5.88. The van der Waals surface area contributed by atoms with Crippen molar-refractivity contribution in [2.45, 2.75) is 46.5 Å². The van der Waals surface area contributed by atoms with E-state index in [9.17, 15) is 4.79 Å². The van der Waals surface area contributed by atoms with Gasteiger partial charge in [-0.3, -0.25) is 0 Å². The van der Waals surface area contributed by atoms with E-state index in [2.05, 4.69) is 13.8 Å². The topological polar surface area (TPSA) is 26.3 Å². The van der Waals surface area contributed by atoms with Gasteiger partial charge in [0, 0.05) is 5.57 Å². The summed E-state index contributed by atoms with van der Waals surface area (Å²) >= 11 is 0. The Morgan fingerprint density at radius 2 is 1.92 bits per heavy atom. The molecule has 0 spiro atoms. The van der Waals surface area contributed by atoms with Gasteiger partial charge in [-0.15, -0.1) is 0 Å². The molecule has 0 amide bonds. The number of ether oxygens (including phenoxy) is 1. The third kappa shape index (κ3) is 5.45. The van der Waals surface area contributed by atoms with Crippen molar-refractivity contribution in [1.29, 1.82) is 0 Å². The number of rotatable bonds is 6. The molecule has 0 aliphatic carbocycles. The fourth-order valence-electron chi connectivity index (χ4n) is 1.10. The molecule has 0 heterocycles. The smallest absolute Gasteiger partial charge is 0.333 e. The van der Waals surface area contributed by atoms with Crippen molar-refractivity contribution in [2.75, 3.05) is 6.61 Å². The summed E-state index contributed by atoms with van der Waals surface area (Å²) in [5, 5.41) is 0. The maximum absolute atomic E-state index is 11.3. The van der Waals surface area contributed by atoms with E-state index >= 15 is 0 Å². The zero-order chi connectivity index (χ0) is 10.1. The lowest BCUT2D eigenvalue weighted by molar-refractivity contribution is -0.138. The number of carbonyl (C=O) groups excluding carboxylic acids is 1. The largest absolute Gasteiger partial charge is 0.463 e. The molecule has 0 radical (unpaired) electrons. The molecule has 0 bridgehead atoms. The summed E-state index contributed by atoms with van der Waals surface area (Å²) in [5.74, 6) is -0.141. The van der Waals surface area contributed by atoms with Gasteiger partial charge in [-0.1, -0.05) is 32.8 Å². The summed E-state index contributed by atoms with van der Waals surface area (Å²) in [6.07, 6.45) is 5.87. The van der Waals surface area contributed by atoms with Crippen molar-refractivity contribution < 1.29 is 9.53 Å². The van der Waals surface area contributed by atoms with Crippen molar-refractivity contribution in [3.05, 3.63) is 11.6 Å². The van der Waals surface area contributed by atoms with E-state index in [1.807, 2.05) is 13.0 Å². The molecule has 0 aliphatic rings. The zero-order valence-electron chi connectivity index (χ0n) is 8.93. The van der Waals surface area contributed by atoms with Gasteiger partial charge in [0.05, 0.1) is 6.61 Å². The van der Waals surface area contributed by atoms with Crippen LogP contribution < -0.4 is 0 Å². The van der Waals surface area contributed by atoms with Crippen LogP contribution in [0, 0.1) is 0 Å². The van der Waals surface area contributed by atoms with E-state index in [0.717, 1.165) is 31.3 Å². The van der Waals surface area contributed by atoms with Crippen LogP contribution in [0.25, 0.3) is 0 Å². The predicted molar refractivity (Wildman–Crippen MR) is 54.5 cm³/mol. The number of unbranched alkanes of at least 4 members (excludes halogenated alkanes) is 1. The van der Waals surface area contributed by atoms with E-state index in [0.29, 0.717) is 6.61 Å². The summed E-state index contributed by atoms with van der Waals surface area (Å²) in [6, 6.07) is 0. The maximum Gasteiger partial charge on any atom is 0.333 e. The maximum atomic E-state index is 11.3. The molecule has 0 aromatic rings. The molecule has 0 rings (SSSR count). The van der Waals surface area contributed by atoms with E-state index < -0.39 is 0 Å². The molecule has 76 valence electrons. The minimum absolute atomic E-state index is 0.141. The van der Waals surface area contributed by atoms with Gasteiger partial charge in [0.25, 0.3) is 0 Å². The number of hydrogen-bond acceptors (Lipinski definition) is 2. The average molecular weight is 184 g/mol. The van der Waals surface area contributed by atoms with Gasteiger partial charge in [-0.2, -0.15) is 0 Å². The minimum Gasteiger partial charge on any atom is -0.463 e. The fraction of sp³-hybridized carbons (Fsp3) is 0.727. The first-order valence-corrected chi connectivity index (χ1v) is 5.12. The molecule has 0 aromatic carbocycles. The van der Waals surface area contributed by atoms with Gasteiger partial charge in [0.2, 0.25) is 0 Å². The molecule has 2 heteroatoms. The highest BCUT2D eigenvalue weighted by Crippen LogP contribution is 2.09. The summed E-state index contributed by atoms with van der Waals surface area (Å²) in [5.41, 5.74) is 0.839. The van der Waals surface area contributed by atoms with E-state index in [1.54, 1.807) is 0 Å². The number of carbonyl (C=O) groups is 1. The zero-order valence-corrected chi connectivity index (χ0v) is 8.93. The van der Waals surface area contributed by atoms with E-state index in [-0.39, 0.29) is 5.97 Å². The molecule has 0 aliphatic heterocycles. The predicted octanol–water partition coefficient (Wildman–Crippen LogP) is 3.08. The Labute approximate surface area is 81.0 Å². The number of esters is 1. The highest BCUT2D eigenvalue weighted by atomic mass is 16.5. The van der Waals surface area contributed by atoms with Crippen molar-refractivity contribution in [2.24, 2.45) is 0 Å². The first-order valence-electron chi connectivity index (χ1n) is 5.12. The molecule has 2 nitrogen and oxygen atoms in total. The Morgan fingerprint density at radius 3 is 2.38 bits per heavy atom. The third-order valence-electron chi connectivity index (χ3n) is 1.74. The van der Waals surface area contributed by atoms with E-state index in [1.165, 1.54) is 0 Å². The Bertz CT molecular complexity index is 171. The number of hydrogen-bond donors (Lipinski definition) is 0. The summed E-state index contributed by atoms with van der Waals surface area (Å²) in [4.78, 5) is 11.3. The van der Waals surface area contributed by atoms with Crippen LogP contribution in [-0.4, -0.2) is 12.6 Å². The molecule has 0 saturated carbocycles. The standard InChI is InChI=1S/C11H20O2/c1-4-7-9-10(8-5-2)11(12)13-6-3/h9H,4-8H2,1-3H3/b10-9-. The fourth-order valence-corrected chi connectivity index (χ4v) is 1.10. The Morgan fingerprint density at radius 1 is 1.23 bits per heavy atom. The van der Waals surface area contributed by atoms with Crippen LogP contribution in [0.1, 0.15) is 46.5 Å². The molecule has 0 unspecified atom stereocenters. The number of allylic oxidation sites excluding steroid dienone is 1. The van der Waals surface area contributed by atoms with Crippen LogP contribution in [0.15, 0.2) is 11.6 Å². The minimum atomic E-state index is -0.141. The SMILES string of the molecule is CCC/C=C(/CCC)C(=O)OCC. The molecule has 0 atom stereocenters. The van der Waals surface area contributed by atoms with Crippen molar-refractivity contribution in [3.8, 4) is 0 Å². The molecule has 0 N–H and O–H groups in total. The van der Waals surface area contributed by atoms with Gasteiger partial charge in [0.1, 0.15) is 0 Å². The summed E-state index contributed by atoms with van der Waals surface area (Å²) < 4.78 is 4.95.